The number of pyridine rings is 1. The highest BCUT2D eigenvalue weighted by Crippen LogP contribution is 2.31. The number of anilines is 1. The minimum atomic E-state index is 0.00881. The van der Waals surface area contributed by atoms with Gasteiger partial charge in [0, 0.05) is 73.9 Å². The lowest BCUT2D eigenvalue weighted by molar-refractivity contribution is -0.131. The van der Waals surface area contributed by atoms with Crippen molar-refractivity contribution >= 4 is 39.9 Å². The monoisotopic (exact) mass is 514 g/mol. The van der Waals surface area contributed by atoms with Crippen LogP contribution in [-0.4, -0.2) is 75.8 Å². The number of H-pyrrole nitrogens is 1. The molecule has 2 aliphatic heterocycles. The lowest BCUT2D eigenvalue weighted by atomic mass is 9.97. The summed E-state index contributed by atoms with van der Waals surface area (Å²) in [5, 5.41) is 4.03. The molecule has 5 heterocycles. The number of nitrogens with one attached hydrogen (secondary N) is 1. The third-order valence-corrected chi connectivity index (χ3v) is 8.50. The summed E-state index contributed by atoms with van der Waals surface area (Å²) in [6.45, 7) is 4.32. The van der Waals surface area contributed by atoms with Gasteiger partial charge in [-0.3, -0.25) is 9.59 Å². The number of likely N-dealkylation sites (tertiary alicyclic amines) is 1. The standard InChI is InChI=1S/C28H30N6O2S/c35-26(17-21-18-30-23-6-2-1-5-22(21)23)33-11-8-20(9-12-33)27-31-24(19-37-27)28(36)34-15-13-32(14-16-34)25-7-3-4-10-29-25/h1-7,10,18-20,30H,8-9,11-17H2. The molecule has 9 heteroatoms. The average Bonchev–Trinajstić information content (AvgIpc) is 3.61. The predicted octanol–water partition coefficient (Wildman–Crippen LogP) is 3.93. The summed E-state index contributed by atoms with van der Waals surface area (Å²) in [7, 11) is 0. The molecule has 0 bridgehead atoms. The predicted molar refractivity (Wildman–Crippen MR) is 145 cm³/mol. The molecular weight excluding hydrogens is 484 g/mol. The molecule has 1 N–H and O–H groups in total. The van der Waals surface area contributed by atoms with Crippen LogP contribution in [0.15, 0.2) is 60.2 Å². The van der Waals surface area contributed by atoms with Crippen molar-refractivity contribution in [3.05, 3.63) is 76.5 Å². The summed E-state index contributed by atoms with van der Waals surface area (Å²) in [4.78, 5) is 44.6. The Balaban J connectivity index is 1.01. The second-order valence-corrected chi connectivity index (χ2v) is 10.6. The Kier molecular flexibility index (Phi) is 6.61. The summed E-state index contributed by atoms with van der Waals surface area (Å²) in [6, 6.07) is 14.0. The van der Waals surface area contributed by atoms with Crippen LogP contribution < -0.4 is 4.90 Å². The molecule has 2 amide bonds. The Labute approximate surface area is 219 Å². The van der Waals surface area contributed by atoms with Crippen molar-refractivity contribution in [2.75, 3.05) is 44.2 Å². The van der Waals surface area contributed by atoms with Crippen molar-refractivity contribution in [1.29, 1.82) is 0 Å². The maximum atomic E-state index is 13.1. The normalized spacial score (nSPS) is 16.9. The molecule has 1 aromatic carbocycles. The molecule has 2 aliphatic rings. The number of para-hydroxylation sites is 1. The van der Waals surface area contributed by atoms with E-state index in [1.54, 1.807) is 17.5 Å². The van der Waals surface area contributed by atoms with Crippen molar-refractivity contribution in [3.8, 4) is 0 Å². The molecular formula is C28H30N6O2S. The molecule has 0 spiro atoms. The molecule has 0 aliphatic carbocycles. The number of carbonyl (C=O) groups is 2. The highest BCUT2D eigenvalue weighted by molar-refractivity contribution is 7.09. The van der Waals surface area contributed by atoms with Gasteiger partial charge in [-0.25, -0.2) is 9.97 Å². The van der Waals surface area contributed by atoms with Gasteiger partial charge in [-0.05, 0) is 36.6 Å². The summed E-state index contributed by atoms with van der Waals surface area (Å²) in [5.74, 6) is 1.43. The quantitative estimate of drug-likeness (QED) is 0.436. The van der Waals surface area contributed by atoms with E-state index in [2.05, 4.69) is 20.9 Å². The van der Waals surface area contributed by atoms with Gasteiger partial charge in [0.25, 0.3) is 5.91 Å². The maximum Gasteiger partial charge on any atom is 0.273 e. The molecule has 2 fully saturated rings. The van der Waals surface area contributed by atoms with Crippen molar-refractivity contribution in [3.63, 3.8) is 0 Å². The number of piperazine rings is 1. The van der Waals surface area contributed by atoms with Gasteiger partial charge in [0.15, 0.2) is 0 Å². The number of hydrogen-bond acceptors (Lipinski definition) is 6. The van der Waals surface area contributed by atoms with E-state index in [4.69, 9.17) is 4.98 Å². The fourth-order valence-corrected chi connectivity index (χ4v) is 6.31. The number of carbonyl (C=O) groups excluding carboxylic acids is 2. The van der Waals surface area contributed by atoms with Gasteiger partial charge in [-0.1, -0.05) is 24.3 Å². The van der Waals surface area contributed by atoms with E-state index in [1.807, 2.05) is 57.8 Å². The van der Waals surface area contributed by atoms with Crippen LogP contribution >= 0.6 is 11.3 Å². The first-order valence-corrected chi connectivity index (χ1v) is 13.8. The largest absolute Gasteiger partial charge is 0.361 e. The first-order chi connectivity index (χ1) is 18.2. The summed E-state index contributed by atoms with van der Waals surface area (Å²) in [6.07, 6.45) is 5.92. The van der Waals surface area contributed by atoms with E-state index in [0.29, 0.717) is 31.1 Å². The number of amides is 2. The minimum absolute atomic E-state index is 0.00881. The number of thiazole rings is 1. The van der Waals surface area contributed by atoms with Crippen LogP contribution in [0.5, 0.6) is 0 Å². The van der Waals surface area contributed by atoms with E-state index < -0.39 is 0 Å². The molecule has 0 atom stereocenters. The zero-order valence-electron chi connectivity index (χ0n) is 20.7. The zero-order valence-corrected chi connectivity index (χ0v) is 21.5. The highest BCUT2D eigenvalue weighted by atomic mass is 32.1. The lowest BCUT2D eigenvalue weighted by Gasteiger charge is -2.35. The Morgan fingerprint density at radius 3 is 2.51 bits per heavy atom. The number of aromatic amines is 1. The third-order valence-electron chi connectivity index (χ3n) is 7.49. The molecule has 0 unspecified atom stereocenters. The molecule has 37 heavy (non-hydrogen) atoms. The molecule has 0 saturated carbocycles. The Hall–Kier alpha value is -3.72. The molecule has 8 nitrogen and oxygen atoms in total. The molecule has 2 saturated heterocycles. The Bertz CT molecular complexity index is 1380. The van der Waals surface area contributed by atoms with E-state index >= 15 is 0 Å². The number of nitrogens with zero attached hydrogens (tertiary/aromatic N) is 5. The first-order valence-electron chi connectivity index (χ1n) is 12.9. The van der Waals surface area contributed by atoms with Crippen molar-refractivity contribution in [2.45, 2.75) is 25.2 Å². The Morgan fingerprint density at radius 2 is 1.73 bits per heavy atom. The lowest BCUT2D eigenvalue weighted by Crippen LogP contribution is -2.49. The van der Waals surface area contributed by atoms with Crippen LogP contribution in [-0.2, 0) is 11.2 Å². The average molecular weight is 515 g/mol. The number of aromatic nitrogens is 3. The molecule has 190 valence electrons. The topological polar surface area (TPSA) is 85.4 Å². The second kappa shape index (κ2) is 10.3. The van der Waals surface area contributed by atoms with E-state index in [-0.39, 0.29) is 11.8 Å². The fourth-order valence-electron chi connectivity index (χ4n) is 5.34. The van der Waals surface area contributed by atoms with Crippen LogP contribution in [0.2, 0.25) is 0 Å². The SMILES string of the molecule is O=C(Cc1c[nH]c2ccccc12)N1CCC(c2nc(C(=O)N3CCN(c4ccccn4)CC3)cs2)CC1. The van der Waals surface area contributed by atoms with E-state index in [0.717, 1.165) is 66.3 Å². The molecule has 3 aromatic heterocycles. The van der Waals surface area contributed by atoms with Gasteiger partial charge >= 0.3 is 0 Å². The van der Waals surface area contributed by atoms with Crippen molar-refractivity contribution < 1.29 is 9.59 Å². The number of benzene rings is 1. The van der Waals surface area contributed by atoms with E-state index in [1.165, 1.54) is 0 Å². The summed E-state index contributed by atoms with van der Waals surface area (Å²) in [5.41, 5.74) is 2.66. The van der Waals surface area contributed by atoms with Crippen LogP contribution in [0.25, 0.3) is 10.9 Å². The van der Waals surface area contributed by atoms with Crippen molar-refractivity contribution in [1.82, 2.24) is 24.8 Å². The van der Waals surface area contributed by atoms with Gasteiger partial charge in [0.05, 0.1) is 11.4 Å². The molecule has 0 radical (unpaired) electrons. The number of hydrogen-bond donors (Lipinski definition) is 1. The third kappa shape index (κ3) is 4.96. The maximum absolute atomic E-state index is 13.1. The number of piperidine rings is 1. The molecule has 4 aromatic rings. The van der Waals surface area contributed by atoms with Crippen LogP contribution in [0.3, 0.4) is 0 Å². The van der Waals surface area contributed by atoms with Crippen LogP contribution in [0.1, 0.15) is 39.8 Å². The summed E-state index contributed by atoms with van der Waals surface area (Å²) < 4.78 is 0. The smallest absolute Gasteiger partial charge is 0.273 e. The number of rotatable bonds is 5. The Morgan fingerprint density at radius 1 is 0.946 bits per heavy atom. The van der Waals surface area contributed by atoms with Gasteiger partial charge in [-0.15, -0.1) is 11.3 Å². The van der Waals surface area contributed by atoms with Crippen LogP contribution in [0.4, 0.5) is 5.82 Å². The van der Waals surface area contributed by atoms with Gasteiger partial charge in [-0.2, -0.15) is 0 Å². The number of fused-ring (bicyclic) bond motifs is 1. The minimum Gasteiger partial charge on any atom is -0.361 e. The molecule has 6 rings (SSSR count). The fraction of sp³-hybridized carbons (Fsp3) is 0.357. The van der Waals surface area contributed by atoms with Gasteiger partial charge in [0.2, 0.25) is 5.91 Å². The first kappa shape index (κ1) is 23.7. The van der Waals surface area contributed by atoms with Crippen molar-refractivity contribution in [2.24, 2.45) is 0 Å². The van der Waals surface area contributed by atoms with E-state index in [9.17, 15) is 9.59 Å². The highest BCUT2D eigenvalue weighted by Gasteiger charge is 2.28. The second-order valence-electron chi connectivity index (χ2n) is 9.73. The van der Waals surface area contributed by atoms with Crippen LogP contribution in [0, 0.1) is 0 Å². The summed E-state index contributed by atoms with van der Waals surface area (Å²) >= 11 is 1.57. The van der Waals surface area contributed by atoms with Gasteiger partial charge in [0.1, 0.15) is 11.5 Å². The zero-order chi connectivity index (χ0) is 25.2. The van der Waals surface area contributed by atoms with Gasteiger partial charge < -0.3 is 19.7 Å².